The second-order valence-electron chi connectivity index (χ2n) is 4.17. The molecule has 0 aliphatic rings. The first-order valence-corrected chi connectivity index (χ1v) is 7.66. The molecule has 1 aromatic heterocycles. The summed E-state index contributed by atoms with van der Waals surface area (Å²) in [5.41, 5.74) is 0. The Morgan fingerprint density at radius 3 is 2.41 bits per heavy atom. The topological polar surface area (TPSA) is 63.2 Å². The standard InChI is InChI=1S/C11H19N3O2S/c1-4-14(10(2)9-17(3,15)16)8-11-12-6-5-7-13-11/h5-7,10H,4,8-9H2,1-3H3. The summed E-state index contributed by atoms with van der Waals surface area (Å²) in [6.45, 7) is 5.26. The van der Waals surface area contributed by atoms with E-state index in [1.165, 1.54) is 6.26 Å². The third-order valence-electron chi connectivity index (χ3n) is 2.54. The molecule has 1 aromatic rings. The van der Waals surface area contributed by atoms with Crippen LogP contribution in [0.2, 0.25) is 0 Å². The van der Waals surface area contributed by atoms with Crippen LogP contribution in [0.5, 0.6) is 0 Å². The van der Waals surface area contributed by atoms with Gasteiger partial charge in [0, 0.05) is 24.7 Å². The Labute approximate surface area is 103 Å². The molecular formula is C11H19N3O2S. The molecule has 0 N–H and O–H groups in total. The monoisotopic (exact) mass is 257 g/mol. The minimum absolute atomic E-state index is 0.0289. The molecule has 1 heterocycles. The van der Waals surface area contributed by atoms with E-state index < -0.39 is 9.84 Å². The molecule has 0 aliphatic carbocycles. The van der Waals surface area contributed by atoms with E-state index in [1.54, 1.807) is 18.5 Å². The molecule has 0 saturated carbocycles. The smallest absolute Gasteiger partial charge is 0.148 e. The van der Waals surface area contributed by atoms with Crippen LogP contribution in [0, 0.1) is 0 Å². The first kappa shape index (κ1) is 14.1. The Hall–Kier alpha value is -1.01. The predicted molar refractivity (Wildman–Crippen MR) is 67.3 cm³/mol. The van der Waals surface area contributed by atoms with E-state index in [0.29, 0.717) is 6.54 Å². The van der Waals surface area contributed by atoms with Crippen LogP contribution in [0.3, 0.4) is 0 Å². The Balaban J connectivity index is 2.66. The number of sulfone groups is 1. The van der Waals surface area contributed by atoms with Crippen molar-refractivity contribution in [3.63, 3.8) is 0 Å². The third-order valence-corrected chi connectivity index (χ3v) is 3.63. The summed E-state index contributed by atoms with van der Waals surface area (Å²) < 4.78 is 22.5. The number of rotatable bonds is 6. The highest BCUT2D eigenvalue weighted by atomic mass is 32.2. The molecule has 1 atom stereocenters. The van der Waals surface area contributed by atoms with Crippen molar-refractivity contribution in [3.8, 4) is 0 Å². The third kappa shape index (κ3) is 5.23. The average molecular weight is 257 g/mol. The number of aromatic nitrogens is 2. The van der Waals surface area contributed by atoms with Gasteiger partial charge in [-0.05, 0) is 19.5 Å². The fourth-order valence-corrected chi connectivity index (χ4v) is 2.80. The molecule has 6 heteroatoms. The summed E-state index contributed by atoms with van der Waals surface area (Å²) >= 11 is 0. The molecule has 5 nitrogen and oxygen atoms in total. The van der Waals surface area contributed by atoms with Gasteiger partial charge in [-0.2, -0.15) is 0 Å². The maximum Gasteiger partial charge on any atom is 0.148 e. The molecule has 0 saturated heterocycles. The molecule has 0 bridgehead atoms. The quantitative estimate of drug-likeness (QED) is 0.752. The van der Waals surface area contributed by atoms with E-state index in [0.717, 1.165) is 12.4 Å². The lowest BCUT2D eigenvalue weighted by Crippen LogP contribution is -2.37. The van der Waals surface area contributed by atoms with Gasteiger partial charge < -0.3 is 0 Å². The highest BCUT2D eigenvalue weighted by Crippen LogP contribution is 2.06. The van der Waals surface area contributed by atoms with Crippen molar-refractivity contribution >= 4 is 9.84 Å². The second kappa shape index (κ2) is 6.07. The minimum Gasteiger partial charge on any atom is -0.292 e. The van der Waals surface area contributed by atoms with Crippen LogP contribution in [0.15, 0.2) is 18.5 Å². The normalized spacial score (nSPS) is 13.9. The molecule has 17 heavy (non-hydrogen) atoms. The zero-order chi connectivity index (χ0) is 12.9. The molecule has 0 fully saturated rings. The number of hydrogen-bond donors (Lipinski definition) is 0. The van der Waals surface area contributed by atoms with Crippen LogP contribution in [-0.4, -0.2) is 47.9 Å². The van der Waals surface area contributed by atoms with Crippen LogP contribution in [0.25, 0.3) is 0 Å². The van der Waals surface area contributed by atoms with Crippen molar-refractivity contribution in [1.29, 1.82) is 0 Å². The van der Waals surface area contributed by atoms with Gasteiger partial charge in [0.25, 0.3) is 0 Å². The maximum atomic E-state index is 11.3. The van der Waals surface area contributed by atoms with E-state index in [1.807, 2.05) is 13.8 Å². The van der Waals surface area contributed by atoms with E-state index in [9.17, 15) is 8.42 Å². The van der Waals surface area contributed by atoms with Gasteiger partial charge in [0.1, 0.15) is 15.7 Å². The summed E-state index contributed by atoms with van der Waals surface area (Å²) in [5, 5.41) is 0. The minimum atomic E-state index is -2.95. The SMILES string of the molecule is CCN(Cc1ncccn1)C(C)CS(C)(=O)=O. The summed E-state index contributed by atoms with van der Waals surface area (Å²) in [6, 6.07) is 1.73. The van der Waals surface area contributed by atoms with Crippen LogP contribution < -0.4 is 0 Å². The van der Waals surface area contributed by atoms with Crippen molar-refractivity contribution in [2.45, 2.75) is 26.4 Å². The Kier molecular flexibility index (Phi) is 5.02. The summed E-state index contributed by atoms with van der Waals surface area (Å²) in [4.78, 5) is 10.3. The number of hydrogen-bond acceptors (Lipinski definition) is 5. The first-order chi connectivity index (χ1) is 7.92. The van der Waals surface area contributed by atoms with Crippen LogP contribution >= 0.6 is 0 Å². The van der Waals surface area contributed by atoms with E-state index in [2.05, 4.69) is 14.9 Å². The molecular weight excluding hydrogens is 238 g/mol. The van der Waals surface area contributed by atoms with Gasteiger partial charge in [-0.1, -0.05) is 6.92 Å². The van der Waals surface area contributed by atoms with E-state index in [4.69, 9.17) is 0 Å². The Bertz CT molecular complexity index is 433. The van der Waals surface area contributed by atoms with Crippen LogP contribution in [0.1, 0.15) is 19.7 Å². The Morgan fingerprint density at radius 1 is 1.35 bits per heavy atom. The predicted octanol–water partition coefficient (Wildman–Crippen LogP) is 0.732. The first-order valence-electron chi connectivity index (χ1n) is 5.60. The molecule has 0 aromatic carbocycles. The second-order valence-corrected chi connectivity index (χ2v) is 6.35. The average Bonchev–Trinajstić information content (AvgIpc) is 2.24. The summed E-state index contributed by atoms with van der Waals surface area (Å²) in [7, 11) is -2.95. The van der Waals surface area contributed by atoms with E-state index in [-0.39, 0.29) is 11.8 Å². The van der Waals surface area contributed by atoms with Gasteiger partial charge in [-0.3, -0.25) is 4.90 Å². The molecule has 1 unspecified atom stereocenters. The van der Waals surface area contributed by atoms with Crippen LogP contribution in [0.4, 0.5) is 0 Å². The zero-order valence-corrected chi connectivity index (χ0v) is 11.3. The highest BCUT2D eigenvalue weighted by molar-refractivity contribution is 7.90. The van der Waals surface area contributed by atoms with Crippen molar-refractivity contribution in [2.75, 3.05) is 18.6 Å². The van der Waals surface area contributed by atoms with Gasteiger partial charge in [-0.25, -0.2) is 18.4 Å². The van der Waals surface area contributed by atoms with Crippen molar-refractivity contribution in [3.05, 3.63) is 24.3 Å². The van der Waals surface area contributed by atoms with Crippen molar-refractivity contribution in [1.82, 2.24) is 14.9 Å². The van der Waals surface area contributed by atoms with Gasteiger partial charge >= 0.3 is 0 Å². The lowest BCUT2D eigenvalue weighted by Gasteiger charge is -2.26. The summed E-state index contributed by atoms with van der Waals surface area (Å²) in [6.07, 6.45) is 4.64. The van der Waals surface area contributed by atoms with E-state index >= 15 is 0 Å². The van der Waals surface area contributed by atoms with Crippen molar-refractivity contribution < 1.29 is 8.42 Å². The maximum absolute atomic E-state index is 11.3. The highest BCUT2D eigenvalue weighted by Gasteiger charge is 2.18. The molecule has 0 amide bonds. The molecule has 96 valence electrons. The van der Waals surface area contributed by atoms with Gasteiger partial charge in [-0.15, -0.1) is 0 Å². The van der Waals surface area contributed by atoms with Gasteiger partial charge in [0.15, 0.2) is 0 Å². The lowest BCUT2D eigenvalue weighted by atomic mass is 10.3. The molecule has 0 aliphatic heterocycles. The summed E-state index contributed by atoms with van der Waals surface area (Å²) in [5.74, 6) is 0.878. The van der Waals surface area contributed by atoms with Gasteiger partial charge in [0.2, 0.25) is 0 Å². The fourth-order valence-electron chi connectivity index (χ4n) is 1.72. The molecule has 1 rings (SSSR count). The lowest BCUT2D eigenvalue weighted by molar-refractivity contribution is 0.221. The largest absolute Gasteiger partial charge is 0.292 e. The number of nitrogens with zero attached hydrogens (tertiary/aromatic N) is 3. The van der Waals surface area contributed by atoms with Crippen LogP contribution in [-0.2, 0) is 16.4 Å². The molecule has 0 radical (unpaired) electrons. The zero-order valence-electron chi connectivity index (χ0n) is 10.5. The Morgan fingerprint density at radius 2 is 1.94 bits per heavy atom. The molecule has 0 spiro atoms. The van der Waals surface area contributed by atoms with Gasteiger partial charge in [0.05, 0.1) is 12.3 Å². The fraction of sp³-hybridized carbons (Fsp3) is 0.636. The van der Waals surface area contributed by atoms with Crippen molar-refractivity contribution in [2.24, 2.45) is 0 Å².